The number of aldehydes is 1. The number of epoxide rings is 1. The molecule has 0 bridgehead atoms. The van der Waals surface area contributed by atoms with Crippen LogP contribution in [0.2, 0.25) is 0 Å². The van der Waals surface area contributed by atoms with Crippen molar-refractivity contribution >= 4 is 6.29 Å². The molecule has 0 radical (unpaired) electrons. The zero-order valence-electron chi connectivity index (χ0n) is 8.69. The van der Waals surface area contributed by atoms with E-state index < -0.39 is 0 Å². The molecule has 1 aliphatic heterocycles. The minimum atomic E-state index is 0.295. The van der Waals surface area contributed by atoms with Gasteiger partial charge in [-0.25, -0.2) is 0 Å². The summed E-state index contributed by atoms with van der Waals surface area (Å²) in [5.74, 6) is 0. The van der Waals surface area contributed by atoms with Gasteiger partial charge in [0.2, 0.25) is 0 Å². The van der Waals surface area contributed by atoms with Crippen LogP contribution in [0.25, 0.3) is 0 Å². The van der Waals surface area contributed by atoms with Crippen LogP contribution in [-0.2, 0) is 9.53 Å². The molecule has 0 spiro atoms. The number of carbonyl (C=O) groups excluding carboxylic acids is 1. The highest BCUT2D eigenvalue weighted by Gasteiger charge is 2.35. The van der Waals surface area contributed by atoms with Gasteiger partial charge in [0.15, 0.2) is 0 Å². The molecule has 1 saturated heterocycles. The Morgan fingerprint density at radius 1 is 1.21 bits per heavy atom. The lowest BCUT2D eigenvalue weighted by molar-refractivity contribution is -0.104. The van der Waals surface area contributed by atoms with Gasteiger partial charge in [0.05, 0.1) is 6.10 Å². The number of hydrogen-bond acceptors (Lipinski definition) is 2. The van der Waals surface area contributed by atoms with E-state index in [2.05, 4.69) is 6.92 Å². The van der Waals surface area contributed by atoms with E-state index in [-0.39, 0.29) is 0 Å². The quantitative estimate of drug-likeness (QED) is 0.205. The highest BCUT2D eigenvalue weighted by molar-refractivity contribution is 5.65. The van der Waals surface area contributed by atoms with E-state index in [0.29, 0.717) is 12.2 Å². The van der Waals surface area contributed by atoms with E-state index in [1.807, 2.05) is 12.2 Å². The molecule has 0 saturated carbocycles. The van der Waals surface area contributed by atoms with Crippen LogP contribution in [0.1, 0.15) is 32.6 Å². The largest absolute Gasteiger partial charge is 0.365 e. The lowest BCUT2D eigenvalue weighted by Gasteiger charge is -1.92. The third-order valence-electron chi connectivity index (χ3n) is 2.32. The third kappa shape index (κ3) is 4.38. The van der Waals surface area contributed by atoms with Crippen LogP contribution in [0.5, 0.6) is 0 Å². The molecule has 2 atom stereocenters. The average molecular weight is 194 g/mol. The van der Waals surface area contributed by atoms with Crippen molar-refractivity contribution in [3.63, 3.8) is 0 Å². The molecule has 1 heterocycles. The van der Waals surface area contributed by atoms with Crippen LogP contribution >= 0.6 is 0 Å². The van der Waals surface area contributed by atoms with Crippen LogP contribution in [0.4, 0.5) is 0 Å². The Hall–Kier alpha value is -0.890. The molecule has 78 valence electrons. The highest BCUT2D eigenvalue weighted by Crippen LogP contribution is 2.28. The standard InChI is InChI=1S/C12H18O2/c1-2-3-5-8-11-12(14-11)9-6-4-7-10-13/h4,6-7,9-12H,2-3,5,8H2,1H3. The van der Waals surface area contributed by atoms with E-state index >= 15 is 0 Å². The van der Waals surface area contributed by atoms with Gasteiger partial charge < -0.3 is 4.74 Å². The summed E-state index contributed by atoms with van der Waals surface area (Å²) >= 11 is 0. The second-order valence-corrected chi connectivity index (χ2v) is 3.54. The number of rotatable bonds is 7. The number of ether oxygens (including phenoxy) is 1. The van der Waals surface area contributed by atoms with Gasteiger partial charge in [0.25, 0.3) is 0 Å². The minimum Gasteiger partial charge on any atom is -0.365 e. The highest BCUT2D eigenvalue weighted by atomic mass is 16.6. The summed E-state index contributed by atoms with van der Waals surface area (Å²) in [5, 5.41) is 0. The maximum Gasteiger partial charge on any atom is 0.142 e. The van der Waals surface area contributed by atoms with Gasteiger partial charge in [-0.3, -0.25) is 4.79 Å². The maximum atomic E-state index is 9.95. The number of allylic oxidation sites excluding steroid dienone is 3. The van der Waals surface area contributed by atoms with E-state index in [4.69, 9.17) is 4.74 Å². The summed E-state index contributed by atoms with van der Waals surface area (Å²) in [5.41, 5.74) is 0. The van der Waals surface area contributed by atoms with Crippen LogP contribution < -0.4 is 0 Å². The lowest BCUT2D eigenvalue weighted by atomic mass is 10.1. The normalized spacial score (nSPS) is 26.1. The van der Waals surface area contributed by atoms with Crippen molar-refractivity contribution in [2.45, 2.75) is 44.8 Å². The van der Waals surface area contributed by atoms with Crippen molar-refractivity contribution in [3.05, 3.63) is 24.3 Å². The summed E-state index contributed by atoms with van der Waals surface area (Å²) < 4.78 is 5.43. The fraction of sp³-hybridized carbons (Fsp3) is 0.583. The first-order valence-electron chi connectivity index (χ1n) is 5.32. The zero-order chi connectivity index (χ0) is 10.2. The van der Waals surface area contributed by atoms with Gasteiger partial charge in [0, 0.05) is 0 Å². The summed E-state index contributed by atoms with van der Waals surface area (Å²) in [6.45, 7) is 2.20. The van der Waals surface area contributed by atoms with Gasteiger partial charge in [-0.05, 0) is 12.5 Å². The second-order valence-electron chi connectivity index (χ2n) is 3.54. The molecule has 1 aliphatic rings. The fourth-order valence-corrected chi connectivity index (χ4v) is 1.44. The van der Waals surface area contributed by atoms with E-state index in [1.165, 1.54) is 31.8 Å². The van der Waals surface area contributed by atoms with Crippen molar-refractivity contribution in [1.82, 2.24) is 0 Å². The molecule has 2 heteroatoms. The first-order valence-corrected chi connectivity index (χ1v) is 5.32. The maximum absolute atomic E-state index is 9.95. The summed E-state index contributed by atoms with van der Waals surface area (Å²) in [4.78, 5) is 9.95. The molecule has 0 aromatic rings. The Morgan fingerprint density at radius 2 is 2.07 bits per heavy atom. The molecule has 0 N–H and O–H groups in total. The Kier molecular flexibility index (Phi) is 5.23. The zero-order valence-corrected chi connectivity index (χ0v) is 8.69. The predicted molar refractivity (Wildman–Crippen MR) is 57.1 cm³/mol. The molecule has 14 heavy (non-hydrogen) atoms. The van der Waals surface area contributed by atoms with Gasteiger partial charge in [0.1, 0.15) is 12.4 Å². The Bertz CT molecular complexity index is 218. The van der Waals surface area contributed by atoms with Gasteiger partial charge >= 0.3 is 0 Å². The molecule has 0 amide bonds. The molecule has 2 unspecified atom stereocenters. The van der Waals surface area contributed by atoms with Gasteiger partial charge in [-0.1, -0.05) is 44.4 Å². The summed E-state index contributed by atoms with van der Waals surface area (Å²) in [6, 6.07) is 0. The van der Waals surface area contributed by atoms with Crippen molar-refractivity contribution in [2.75, 3.05) is 0 Å². The number of unbranched alkanes of at least 4 members (excludes halogenated alkanes) is 2. The van der Waals surface area contributed by atoms with Crippen molar-refractivity contribution in [3.8, 4) is 0 Å². The smallest absolute Gasteiger partial charge is 0.142 e. The third-order valence-corrected chi connectivity index (χ3v) is 2.32. The van der Waals surface area contributed by atoms with E-state index in [9.17, 15) is 4.79 Å². The van der Waals surface area contributed by atoms with E-state index in [0.717, 1.165) is 6.29 Å². The van der Waals surface area contributed by atoms with Crippen LogP contribution in [0, 0.1) is 0 Å². The van der Waals surface area contributed by atoms with Crippen molar-refractivity contribution < 1.29 is 9.53 Å². The summed E-state index contributed by atoms with van der Waals surface area (Å²) in [6.07, 6.45) is 13.6. The molecule has 0 aromatic carbocycles. The van der Waals surface area contributed by atoms with Gasteiger partial charge in [-0.2, -0.15) is 0 Å². The Balaban J connectivity index is 2.04. The average Bonchev–Trinajstić information content (AvgIpc) is 2.92. The molecule has 1 fully saturated rings. The first-order chi connectivity index (χ1) is 6.88. The monoisotopic (exact) mass is 194 g/mol. The molecule has 0 aromatic heterocycles. The molecule has 0 aliphatic carbocycles. The molecule has 1 rings (SSSR count). The van der Waals surface area contributed by atoms with Gasteiger partial charge in [-0.15, -0.1) is 0 Å². The Morgan fingerprint density at radius 3 is 2.79 bits per heavy atom. The number of carbonyl (C=O) groups is 1. The second kappa shape index (κ2) is 6.55. The van der Waals surface area contributed by atoms with Crippen LogP contribution in [0.15, 0.2) is 24.3 Å². The molecule has 2 nitrogen and oxygen atoms in total. The SMILES string of the molecule is CCCCCC1OC1C=CC=CC=O. The summed E-state index contributed by atoms with van der Waals surface area (Å²) in [7, 11) is 0. The molecular weight excluding hydrogens is 176 g/mol. The number of hydrogen-bond donors (Lipinski definition) is 0. The van der Waals surface area contributed by atoms with Crippen LogP contribution in [0.3, 0.4) is 0 Å². The lowest BCUT2D eigenvalue weighted by Crippen LogP contribution is -1.90. The first kappa shape index (κ1) is 11.2. The Labute approximate surface area is 85.6 Å². The fourth-order valence-electron chi connectivity index (χ4n) is 1.44. The predicted octanol–water partition coefficient (Wildman–Crippen LogP) is 2.65. The minimum absolute atomic E-state index is 0.295. The van der Waals surface area contributed by atoms with E-state index in [1.54, 1.807) is 6.08 Å². The van der Waals surface area contributed by atoms with Crippen LogP contribution in [-0.4, -0.2) is 18.5 Å². The molecular formula is C12H18O2. The topological polar surface area (TPSA) is 29.6 Å². The van der Waals surface area contributed by atoms with Crippen molar-refractivity contribution in [1.29, 1.82) is 0 Å². The van der Waals surface area contributed by atoms with Crippen molar-refractivity contribution in [2.24, 2.45) is 0 Å².